The Hall–Kier alpha value is -1.47. The van der Waals surface area contributed by atoms with Crippen molar-refractivity contribution in [2.75, 3.05) is 7.05 Å². The van der Waals surface area contributed by atoms with Gasteiger partial charge in [0.2, 0.25) is 0 Å². The lowest BCUT2D eigenvalue weighted by Gasteiger charge is -1.69. The molecular weight excluding hydrogens is 126 g/mol. The van der Waals surface area contributed by atoms with E-state index in [-0.39, 0.29) is 0 Å². The summed E-state index contributed by atoms with van der Waals surface area (Å²) in [4.78, 5) is 2.36. The molecule has 52 valence electrons. The summed E-state index contributed by atoms with van der Waals surface area (Å²) in [5, 5.41) is 2.92. The molecule has 0 heterocycles. The van der Waals surface area contributed by atoms with Gasteiger partial charge in [-0.05, 0) is 5.53 Å². The van der Waals surface area contributed by atoms with E-state index in [0.717, 1.165) is 0 Å². The highest BCUT2D eigenvalue weighted by molar-refractivity contribution is 4.99. The smallest absolute Gasteiger partial charge is 0.0139 e. The van der Waals surface area contributed by atoms with Crippen LogP contribution in [0.4, 0.5) is 0 Å². The molecule has 0 aliphatic carbocycles. The van der Waals surface area contributed by atoms with Gasteiger partial charge in [-0.2, -0.15) is 0 Å². The second-order valence-corrected chi connectivity index (χ2v) is 1.44. The molecule has 1 aromatic rings. The summed E-state index contributed by atoms with van der Waals surface area (Å²) in [6.07, 6.45) is 0. The van der Waals surface area contributed by atoms with E-state index in [9.17, 15) is 0 Å². The summed E-state index contributed by atoms with van der Waals surface area (Å²) in [6, 6.07) is 12.0. The number of hydrogen-bond acceptors (Lipinski definition) is 1. The van der Waals surface area contributed by atoms with Crippen molar-refractivity contribution < 1.29 is 0 Å². The maximum absolute atomic E-state index is 7.33. The predicted molar refractivity (Wildman–Crippen MR) is 41.5 cm³/mol. The van der Waals surface area contributed by atoms with E-state index in [1.165, 1.54) is 7.05 Å². The molecule has 0 saturated carbocycles. The first kappa shape index (κ1) is 8.53. The maximum Gasteiger partial charge on any atom is 0.0139 e. The molecule has 0 bridgehead atoms. The van der Waals surface area contributed by atoms with Crippen molar-refractivity contribution in [3.8, 4) is 0 Å². The quantitative estimate of drug-likeness (QED) is 0.298. The van der Waals surface area contributed by atoms with E-state index in [4.69, 9.17) is 5.53 Å². The minimum atomic E-state index is 1.39. The lowest BCUT2D eigenvalue weighted by Crippen LogP contribution is -1.47. The molecule has 3 heteroatoms. The molecule has 0 saturated heterocycles. The van der Waals surface area contributed by atoms with E-state index in [0.29, 0.717) is 0 Å². The molecule has 10 heavy (non-hydrogen) atoms. The Kier molecular flexibility index (Phi) is 6.42. The summed E-state index contributed by atoms with van der Waals surface area (Å²) < 4.78 is 0. The highest BCUT2D eigenvalue weighted by Crippen LogP contribution is 1.79. The van der Waals surface area contributed by atoms with Gasteiger partial charge in [-0.1, -0.05) is 41.5 Å². The third-order valence-electron chi connectivity index (χ3n) is 0.756. The molecule has 0 fully saturated rings. The summed E-state index contributed by atoms with van der Waals surface area (Å²) in [5.41, 5.74) is 7.33. The Morgan fingerprint density at radius 3 is 1.30 bits per heavy atom. The minimum Gasteiger partial charge on any atom is -0.0973 e. The van der Waals surface area contributed by atoms with Crippen molar-refractivity contribution in [2.24, 2.45) is 5.11 Å². The van der Waals surface area contributed by atoms with Gasteiger partial charge in [0.05, 0.1) is 0 Å². The molecule has 0 aliphatic rings. The zero-order chi connectivity index (χ0) is 7.66. The molecule has 1 rings (SSSR count). The first-order valence-corrected chi connectivity index (χ1v) is 2.85. The van der Waals surface area contributed by atoms with Gasteiger partial charge in [0.1, 0.15) is 0 Å². The first-order valence-electron chi connectivity index (χ1n) is 2.85. The van der Waals surface area contributed by atoms with Crippen LogP contribution >= 0.6 is 0 Å². The van der Waals surface area contributed by atoms with Gasteiger partial charge in [-0.3, -0.25) is 0 Å². The third kappa shape index (κ3) is 6.53. The van der Waals surface area contributed by atoms with Gasteiger partial charge in [0.15, 0.2) is 0 Å². The summed E-state index contributed by atoms with van der Waals surface area (Å²) in [6.45, 7) is 0. The Morgan fingerprint density at radius 1 is 1.00 bits per heavy atom. The van der Waals surface area contributed by atoms with Crippen LogP contribution in [0.1, 0.15) is 0 Å². The Morgan fingerprint density at radius 2 is 1.20 bits per heavy atom. The van der Waals surface area contributed by atoms with Crippen molar-refractivity contribution in [3.05, 3.63) is 46.8 Å². The van der Waals surface area contributed by atoms with Crippen molar-refractivity contribution in [2.45, 2.75) is 0 Å². The average molecular weight is 135 g/mol. The van der Waals surface area contributed by atoms with Crippen LogP contribution in [0.15, 0.2) is 41.5 Å². The lowest BCUT2D eigenvalue weighted by molar-refractivity contribution is 1.40. The minimum absolute atomic E-state index is 1.39. The van der Waals surface area contributed by atoms with Crippen LogP contribution in [0.3, 0.4) is 0 Å². The number of hydrogen-bond donors (Lipinski definition) is 0. The van der Waals surface area contributed by atoms with Crippen LogP contribution in [-0.2, 0) is 0 Å². The van der Waals surface area contributed by atoms with Crippen molar-refractivity contribution in [1.29, 1.82) is 0 Å². The van der Waals surface area contributed by atoms with Gasteiger partial charge >= 0.3 is 0 Å². The van der Waals surface area contributed by atoms with Crippen LogP contribution in [0.2, 0.25) is 0 Å². The fraction of sp³-hybridized carbons (Fsp3) is 0.143. The zero-order valence-corrected chi connectivity index (χ0v) is 5.81. The lowest BCUT2D eigenvalue weighted by atomic mass is 10.4. The van der Waals surface area contributed by atoms with Crippen molar-refractivity contribution in [3.63, 3.8) is 0 Å². The fourth-order valence-corrected chi connectivity index (χ4v) is 0.385. The molecule has 0 aliphatic heterocycles. The second kappa shape index (κ2) is 7.53. The van der Waals surface area contributed by atoms with Crippen molar-refractivity contribution >= 4 is 0 Å². The number of benzene rings is 1. The van der Waals surface area contributed by atoms with Crippen molar-refractivity contribution in [1.82, 2.24) is 0 Å². The van der Waals surface area contributed by atoms with E-state index in [1.807, 2.05) is 36.4 Å². The van der Waals surface area contributed by atoms with Crippen LogP contribution in [0.25, 0.3) is 10.4 Å². The first-order chi connectivity index (χ1) is 4.91. The molecule has 0 spiro atoms. The molecule has 0 aromatic heterocycles. The SMILES string of the molecule is CN=[N+]=[N-].c1ccccc1. The van der Waals surface area contributed by atoms with Gasteiger partial charge < -0.3 is 0 Å². The monoisotopic (exact) mass is 135 g/mol. The van der Waals surface area contributed by atoms with Gasteiger partial charge in [-0.15, -0.1) is 0 Å². The van der Waals surface area contributed by atoms with E-state index < -0.39 is 0 Å². The number of rotatable bonds is 0. The van der Waals surface area contributed by atoms with E-state index in [2.05, 4.69) is 10.0 Å². The number of nitrogens with zero attached hydrogens (tertiary/aromatic N) is 3. The molecule has 0 amide bonds. The van der Waals surface area contributed by atoms with E-state index >= 15 is 0 Å². The Bertz CT molecular complexity index is 163. The van der Waals surface area contributed by atoms with Gasteiger partial charge in [0.25, 0.3) is 0 Å². The molecule has 3 nitrogen and oxygen atoms in total. The number of azide groups is 1. The standard InChI is InChI=1S/C6H6.CH3N3/c1-2-4-6-5-3-1;1-3-4-2/h1-6H;1H3. The second-order valence-electron chi connectivity index (χ2n) is 1.44. The molecule has 1 aromatic carbocycles. The molecule has 0 unspecified atom stereocenters. The molecular formula is C7H9N3. The van der Waals surface area contributed by atoms with Gasteiger partial charge in [-0.25, -0.2) is 0 Å². The normalized spacial score (nSPS) is 6.50. The van der Waals surface area contributed by atoms with Crippen LogP contribution in [0, 0.1) is 0 Å². The van der Waals surface area contributed by atoms with Gasteiger partial charge in [0, 0.05) is 12.0 Å². The zero-order valence-electron chi connectivity index (χ0n) is 5.81. The highest BCUT2D eigenvalue weighted by atomic mass is 15.1. The Balaban J connectivity index is 0.000000180. The van der Waals surface area contributed by atoms with Crippen LogP contribution in [-0.4, -0.2) is 7.05 Å². The molecule has 0 radical (unpaired) electrons. The average Bonchev–Trinajstić information content (AvgIpc) is 2.08. The predicted octanol–water partition coefficient (Wildman–Crippen LogP) is 2.61. The molecule has 0 N–H and O–H groups in total. The summed E-state index contributed by atoms with van der Waals surface area (Å²) in [7, 11) is 1.39. The maximum atomic E-state index is 7.33. The molecule has 0 atom stereocenters. The fourth-order valence-electron chi connectivity index (χ4n) is 0.385. The van der Waals surface area contributed by atoms with Crippen LogP contribution < -0.4 is 0 Å². The topological polar surface area (TPSA) is 48.8 Å². The summed E-state index contributed by atoms with van der Waals surface area (Å²) >= 11 is 0. The third-order valence-corrected chi connectivity index (χ3v) is 0.756. The largest absolute Gasteiger partial charge is 0.0973 e. The summed E-state index contributed by atoms with van der Waals surface area (Å²) in [5.74, 6) is 0. The van der Waals surface area contributed by atoms with Crippen LogP contribution in [0.5, 0.6) is 0 Å². The Labute approximate surface area is 59.9 Å². The highest BCUT2D eigenvalue weighted by Gasteiger charge is 1.57. The van der Waals surface area contributed by atoms with E-state index in [1.54, 1.807) is 0 Å².